The van der Waals surface area contributed by atoms with Crippen LogP contribution < -0.4 is 5.32 Å². The summed E-state index contributed by atoms with van der Waals surface area (Å²) in [5.41, 5.74) is 2.87. The summed E-state index contributed by atoms with van der Waals surface area (Å²) in [5.74, 6) is -0.998. The summed E-state index contributed by atoms with van der Waals surface area (Å²) >= 11 is 0. The van der Waals surface area contributed by atoms with E-state index in [9.17, 15) is 9.59 Å². The van der Waals surface area contributed by atoms with E-state index < -0.39 is 5.97 Å². The van der Waals surface area contributed by atoms with Gasteiger partial charge in [0.25, 0.3) is 0 Å². The highest BCUT2D eigenvalue weighted by atomic mass is 16.4. The lowest BCUT2D eigenvalue weighted by atomic mass is 9.97. The second-order valence-electron chi connectivity index (χ2n) is 5.17. The predicted octanol–water partition coefficient (Wildman–Crippen LogP) is 3.52. The smallest absolute Gasteiger partial charge is 0.335 e. The first-order chi connectivity index (χ1) is 9.56. The lowest BCUT2D eigenvalue weighted by molar-refractivity contribution is -0.115. The fourth-order valence-corrected chi connectivity index (χ4v) is 2.40. The number of carbonyl (C=O) groups is 2. The first-order valence-electron chi connectivity index (χ1n) is 6.88. The number of aryl methyl sites for hydroxylation is 1. The molecule has 0 saturated carbocycles. The molecular formula is C16H19NO3. The number of anilines is 1. The van der Waals surface area contributed by atoms with Crippen molar-refractivity contribution in [1.29, 1.82) is 0 Å². The first kappa shape index (κ1) is 14.3. The molecule has 0 bridgehead atoms. The summed E-state index contributed by atoms with van der Waals surface area (Å²) < 4.78 is 0. The summed E-state index contributed by atoms with van der Waals surface area (Å²) in [6.07, 6.45) is 7.02. The van der Waals surface area contributed by atoms with Gasteiger partial charge in [-0.2, -0.15) is 0 Å². The van der Waals surface area contributed by atoms with Gasteiger partial charge < -0.3 is 10.4 Å². The Morgan fingerprint density at radius 2 is 2.10 bits per heavy atom. The standard InChI is InChI=1S/C16H19NO3/c1-11-9-13(16(19)20)7-8-14(11)17-15(18)10-12-5-3-2-4-6-12/h5,7-9H,2-4,6,10H2,1H3,(H,17,18)(H,19,20). The number of benzene rings is 1. The number of rotatable bonds is 4. The summed E-state index contributed by atoms with van der Waals surface area (Å²) in [6.45, 7) is 1.79. The van der Waals surface area contributed by atoms with Crippen molar-refractivity contribution in [1.82, 2.24) is 0 Å². The van der Waals surface area contributed by atoms with Crippen LogP contribution in [0.25, 0.3) is 0 Å². The number of aromatic carboxylic acids is 1. The Morgan fingerprint density at radius 1 is 1.30 bits per heavy atom. The number of hydrogen-bond donors (Lipinski definition) is 2. The second kappa shape index (κ2) is 6.37. The molecule has 0 saturated heterocycles. The number of amides is 1. The van der Waals surface area contributed by atoms with Crippen molar-refractivity contribution < 1.29 is 14.7 Å². The normalized spacial score (nSPS) is 14.6. The molecule has 2 N–H and O–H groups in total. The molecule has 0 atom stereocenters. The van der Waals surface area contributed by atoms with E-state index in [2.05, 4.69) is 11.4 Å². The van der Waals surface area contributed by atoms with Crippen molar-refractivity contribution in [2.45, 2.75) is 39.0 Å². The number of allylic oxidation sites excluding steroid dienone is 1. The van der Waals surface area contributed by atoms with Gasteiger partial charge in [0.15, 0.2) is 0 Å². The largest absolute Gasteiger partial charge is 0.478 e. The molecule has 1 aliphatic rings. The average molecular weight is 273 g/mol. The van der Waals surface area contributed by atoms with Crippen molar-refractivity contribution in [3.8, 4) is 0 Å². The van der Waals surface area contributed by atoms with Crippen LogP contribution in [-0.4, -0.2) is 17.0 Å². The van der Waals surface area contributed by atoms with Crippen molar-refractivity contribution in [3.05, 3.63) is 41.0 Å². The first-order valence-corrected chi connectivity index (χ1v) is 6.88. The summed E-state index contributed by atoms with van der Waals surface area (Å²) in [4.78, 5) is 22.8. The van der Waals surface area contributed by atoms with Gasteiger partial charge in [-0.25, -0.2) is 4.79 Å². The molecule has 1 amide bonds. The van der Waals surface area contributed by atoms with E-state index in [0.29, 0.717) is 12.1 Å². The lowest BCUT2D eigenvalue weighted by Gasteiger charge is -2.13. The van der Waals surface area contributed by atoms with Gasteiger partial charge in [-0.05, 0) is 56.4 Å². The zero-order valence-electron chi connectivity index (χ0n) is 11.6. The highest BCUT2D eigenvalue weighted by Gasteiger charge is 2.11. The summed E-state index contributed by atoms with van der Waals surface area (Å²) in [7, 11) is 0. The Hall–Kier alpha value is -2.10. The van der Waals surface area contributed by atoms with Gasteiger partial charge in [-0.1, -0.05) is 11.6 Å². The Balaban J connectivity index is 2.00. The van der Waals surface area contributed by atoms with Crippen LogP contribution in [0.2, 0.25) is 0 Å². The third-order valence-corrected chi connectivity index (χ3v) is 3.52. The topological polar surface area (TPSA) is 66.4 Å². The quantitative estimate of drug-likeness (QED) is 0.825. The maximum absolute atomic E-state index is 12.0. The fraction of sp³-hybridized carbons (Fsp3) is 0.375. The molecule has 20 heavy (non-hydrogen) atoms. The number of hydrogen-bond acceptors (Lipinski definition) is 2. The van der Waals surface area contributed by atoms with Crippen LogP contribution >= 0.6 is 0 Å². The fourth-order valence-electron chi connectivity index (χ4n) is 2.40. The Labute approximate surface area is 118 Å². The monoisotopic (exact) mass is 273 g/mol. The molecule has 0 aliphatic heterocycles. The Kier molecular flexibility index (Phi) is 4.56. The lowest BCUT2D eigenvalue weighted by Crippen LogP contribution is -2.14. The van der Waals surface area contributed by atoms with E-state index >= 15 is 0 Å². The van der Waals surface area contributed by atoms with Crippen molar-refractivity contribution in [2.75, 3.05) is 5.32 Å². The minimum Gasteiger partial charge on any atom is -0.478 e. The van der Waals surface area contributed by atoms with Crippen molar-refractivity contribution in [2.24, 2.45) is 0 Å². The van der Waals surface area contributed by atoms with E-state index in [0.717, 1.165) is 24.8 Å². The molecule has 4 heteroatoms. The SMILES string of the molecule is Cc1cc(C(=O)O)ccc1NC(=O)CC1=CCCCC1. The third-order valence-electron chi connectivity index (χ3n) is 3.52. The second-order valence-corrected chi connectivity index (χ2v) is 5.17. The maximum atomic E-state index is 12.0. The van der Waals surface area contributed by atoms with Gasteiger partial charge in [0.2, 0.25) is 5.91 Å². The molecule has 1 aromatic rings. The zero-order chi connectivity index (χ0) is 14.5. The molecule has 0 fully saturated rings. The van der Waals surface area contributed by atoms with Crippen LogP contribution in [0.1, 0.15) is 48.0 Å². The highest BCUT2D eigenvalue weighted by Crippen LogP contribution is 2.22. The average Bonchev–Trinajstić information content (AvgIpc) is 2.42. The Morgan fingerprint density at radius 3 is 2.70 bits per heavy atom. The highest BCUT2D eigenvalue weighted by molar-refractivity contribution is 5.94. The van der Waals surface area contributed by atoms with E-state index in [-0.39, 0.29) is 11.5 Å². The van der Waals surface area contributed by atoms with Gasteiger partial charge in [0.05, 0.1) is 5.56 Å². The van der Waals surface area contributed by atoms with Crippen LogP contribution in [0.5, 0.6) is 0 Å². The number of nitrogens with one attached hydrogen (secondary N) is 1. The summed E-state index contributed by atoms with van der Waals surface area (Å²) in [6, 6.07) is 4.72. The van der Waals surface area contributed by atoms with Crippen molar-refractivity contribution in [3.63, 3.8) is 0 Å². The molecular weight excluding hydrogens is 254 g/mol. The molecule has 2 rings (SSSR count). The molecule has 0 radical (unpaired) electrons. The van der Waals surface area contributed by atoms with Gasteiger partial charge in [-0.3, -0.25) is 4.79 Å². The summed E-state index contributed by atoms with van der Waals surface area (Å²) in [5, 5.41) is 11.8. The van der Waals surface area contributed by atoms with E-state index in [1.165, 1.54) is 18.1 Å². The number of carboxylic acid groups (broad SMARTS) is 1. The number of carbonyl (C=O) groups excluding carboxylic acids is 1. The maximum Gasteiger partial charge on any atom is 0.335 e. The molecule has 106 valence electrons. The van der Waals surface area contributed by atoms with E-state index in [4.69, 9.17) is 5.11 Å². The molecule has 1 aliphatic carbocycles. The van der Waals surface area contributed by atoms with Crippen LogP contribution in [0.3, 0.4) is 0 Å². The van der Waals surface area contributed by atoms with Gasteiger partial charge >= 0.3 is 5.97 Å². The molecule has 0 aromatic heterocycles. The van der Waals surface area contributed by atoms with Crippen LogP contribution in [-0.2, 0) is 4.79 Å². The third kappa shape index (κ3) is 3.70. The molecule has 4 nitrogen and oxygen atoms in total. The van der Waals surface area contributed by atoms with Gasteiger partial charge in [0.1, 0.15) is 0 Å². The van der Waals surface area contributed by atoms with Crippen LogP contribution in [0.15, 0.2) is 29.8 Å². The number of carboxylic acids is 1. The minimum absolute atomic E-state index is 0.0377. The van der Waals surface area contributed by atoms with Crippen LogP contribution in [0.4, 0.5) is 5.69 Å². The molecule has 0 spiro atoms. The molecule has 0 unspecified atom stereocenters. The van der Waals surface area contributed by atoms with E-state index in [1.54, 1.807) is 19.1 Å². The van der Waals surface area contributed by atoms with Crippen molar-refractivity contribution >= 4 is 17.6 Å². The molecule has 1 aromatic carbocycles. The molecule has 0 heterocycles. The van der Waals surface area contributed by atoms with Gasteiger partial charge in [-0.15, -0.1) is 0 Å². The predicted molar refractivity (Wildman–Crippen MR) is 77.9 cm³/mol. The van der Waals surface area contributed by atoms with Crippen LogP contribution in [0, 0.1) is 6.92 Å². The minimum atomic E-state index is -0.960. The Bertz CT molecular complexity index is 561. The van der Waals surface area contributed by atoms with Gasteiger partial charge in [0, 0.05) is 12.1 Å². The van der Waals surface area contributed by atoms with E-state index in [1.807, 2.05) is 0 Å². The zero-order valence-corrected chi connectivity index (χ0v) is 11.6.